The fourth-order valence-corrected chi connectivity index (χ4v) is 4.72. The van der Waals surface area contributed by atoms with Crippen LogP contribution in [-0.4, -0.2) is 38.4 Å². The van der Waals surface area contributed by atoms with E-state index in [0.29, 0.717) is 17.9 Å². The molecule has 0 aliphatic carbocycles. The lowest BCUT2D eigenvalue weighted by molar-refractivity contribution is -0.274. The molecule has 43 heavy (non-hydrogen) atoms. The largest absolute Gasteiger partial charge is 0.573 e. The summed E-state index contributed by atoms with van der Waals surface area (Å²) in [6.45, 7) is 0.269. The second kappa shape index (κ2) is 12.2. The summed E-state index contributed by atoms with van der Waals surface area (Å²) in [5, 5.41) is 10.1. The van der Waals surface area contributed by atoms with Crippen LogP contribution in [0.15, 0.2) is 82.4 Å². The van der Waals surface area contributed by atoms with Crippen LogP contribution < -0.4 is 20.9 Å². The fourth-order valence-electron chi connectivity index (χ4n) is 4.13. The molecule has 10 nitrogen and oxygen atoms in total. The summed E-state index contributed by atoms with van der Waals surface area (Å²) in [5.74, 6) is -0.0158. The normalized spacial score (nSPS) is 11.4. The van der Waals surface area contributed by atoms with Crippen molar-refractivity contribution in [3.8, 4) is 34.0 Å². The van der Waals surface area contributed by atoms with E-state index in [2.05, 4.69) is 25.5 Å². The number of amides is 2. The van der Waals surface area contributed by atoms with Crippen LogP contribution in [0.2, 0.25) is 10.0 Å². The van der Waals surface area contributed by atoms with Crippen LogP contribution in [0.4, 0.5) is 23.8 Å². The molecule has 0 aliphatic heterocycles. The fraction of sp³-hybridized carbons (Fsp3) is 0.143. The third-order valence-electron chi connectivity index (χ3n) is 6.13. The molecule has 0 spiro atoms. The van der Waals surface area contributed by atoms with Crippen molar-refractivity contribution in [1.82, 2.24) is 24.8 Å². The Hall–Kier alpha value is -4.75. The zero-order chi connectivity index (χ0) is 30.7. The summed E-state index contributed by atoms with van der Waals surface area (Å²) in [6, 6.07) is 16.8. The Labute approximate surface area is 251 Å². The number of hydrogen-bond acceptors (Lipinski definition) is 6. The van der Waals surface area contributed by atoms with Gasteiger partial charge in [-0.25, -0.2) is 14.5 Å². The summed E-state index contributed by atoms with van der Waals surface area (Å²) in [4.78, 5) is 29.5. The molecule has 5 rings (SSSR count). The number of halogens is 5. The quantitative estimate of drug-likeness (QED) is 0.203. The minimum atomic E-state index is -4.77. The van der Waals surface area contributed by atoms with Crippen LogP contribution in [-0.2, 0) is 13.5 Å². The average Bonchev–Trinajstić information content (AvgIpc) is 3.54. The average molecular weight is 633 g/mol. The third kappa shape index (κ3) is 7.01. The molecule has 2 aromatic heterocycles. The van der Waals surface area contributed by atoms with Gasteiger partial charge in [-0.05, 0) is 48.4 Å². The molecule has 0 aliphatic rings. The number of benzene rings is 3. The van der Waals surface area contributed by atoms with Gasteiger partial charge in [-0.2, -0.15) is 4.74 Å². The van der Waals surface area contributed by atoms with Gasteiger partial charge in [0.2, 0.25) is 5.88 Å². The van der Waals surface area contributed by atoms with Crippen LogP contribution in [0.3, 0.4) is 0 Å². The number of nitrogens with one attached hydrogen (secondary N) is 2. The molecule has 2 heterocycles. The number of nitrogens with zero attached hydrogens (tertiary/aromatic N) is 4. The highest BCUT2D eigenvalue weighted by molar-refractivity contribution is 6.39. The van der Waals surface area contributed by atoms with E-state index in [1.807, 2.05) is 24.3 Å². The molecule has 0 saturated carbocycles. The molecule has 0 radical (unpaired) electrons. The number of rotatable bonds is 8. The molecule has 15 heteroatoms. The number of hydrogen-bond donors (Lipinski definition) is 2. The Morgan fingerprint density at radius 2 is 1.67 bits per heavy atom. The van der Waals surface area contributed by atoms with Crippen molar-refractivity contribution in [3.63, 3.8) is 0 Å². The Balaban J connectivity index is 1.17. The van der Waals surface area contributed by atoms with Gasteiger partial charge in [0.15, 0.2) is 5.82 Å². The zero-order valence-corrected chi connectivity index (χ0v) is 23.7. The second-order valence-corrected chi connectivity index (χ2v) is 9.89. The van der Waals surface area contributed by atoms with Gasteiger partial charge in [0.25, 0.3) is 5.56 Å². The molecular weight excluding hydrogens is 612 g/mol. The van der Waals surface area contributed by atoms with Crippen molar-refractivity contribution in [3.05, 3.63) is 99.0 Å². The molecular formula is C28H21Cl2F3N6O4. The first-order valence-corrected chi connectivity index (χ1v) is 13.3. The first-order chi connectivity index (χ1) is 20.5. The number of aromatic nitrogens is 4. The minimum Gasteiger partial charge on any atom is -0.406 e. The number of aryl methyl sites for hydroxylation is 1. The maximum Gasteiger partial charge on any atom is 0.573 e. The zero-order valence-electron chi connectivity index (χ0n) is 22.2. The lowest BCUT2D eigenvalue weighted by Gasteiger charge is -2.09. The molecule has 3 aromatic carbocycles. The minimum absolute atomic E-state index is 0.0346. The van der Waals surface area contributed by atoms with E-state index in [9.17, 15) is 22.8 Å². The summed E-state index contributed by atoms with van der Waals surface area (Å²) in [5.41, 5.74) is 1.91. The number of carbonyl (C=O) groups excluding carboxylic acids is 1. The summed E-state index contributed by atoms with van der Waals surface area (Å²) in [7, 11) is 1.40. The van der Waals surface area contributed by atoms with Crippen LogP contribution >= 0.6 is 23.2 Å². The predicted octanol–water partition coefficient (Wildman–Crippen LogP) is 6.46. The van der Waals surface area contributed by atoms with E-state index < -0.39 is 18.0 Å². The summed E-state index contributed by atoms with van der Waals surface area (Å²) >= 11 is 12.5. The highest BCUT2D eigenvalue weighted by Gasteiger charge is 2.31. The van der Waals surface area contributed by atoms with E-state index in [4.69, 9.17) is 27.7 Å². The molecule has 2 N–H and O–H groups in total. The molecule has 2 amide bonds. The number of carbonyl (C=O) groups is 1. The van der Waals surface area contributed by atoms with Crippen molar-refractivity contribution in [2.75, 3.05) is 11.9 Å². The van der Waals surface area contributed by atoms with Gasteiger partial charge in [0, 0.05) is 24.7 Å². The lowest BCUT2D eigenvalue weighted by atomic mass is 10.1. The summed E-state index contributed by atoms with van der Waals surface area (Å²) in [6.07, 6.45) is -2.83. The first kappa shape index (κ1) is 29.7. The standard InChI is InChI=1S/C28H21Cl2F3N6O4/c1-38-26(40)23(22-20(29)3-2-4-21(22)30)25(43-38)36-27(41)34-14-13-16-5-7-17(8-6-16)24-35-15-39(37-24)18-9-11-19(12-10-18)42-28(31,32)33/h2-12,15H,13-14H2,1H3,(H2,34,36,41). The first-order valence-electron chi connectivity index (χ1n) is 12.6. The molecule has 0 fully saturated rings. The third-order valence-corrected chi connectivity index (χ3v) is 6.76. The van der Waals surface area contributed by atoms with Gasteiger partial charge in [-0.1, -0.05) is 53.5 Å². The smallest absolute Gasteiger partial charge is 0.406 e. The van der Waals surface area contributed by atoms with Crippen LogP contribution in [0.1, 0.15) is 5.56 Å². The second-order valence-electron chi connectivity index (χ2n) is 9.08. The van der Waals surface area contributed by atoms with E-state index in [-0.39, 0.29) is 39.4 Å². The highest BCUT2D eigenvalue weighted by Crippen LogP contribution is 2.37. The maximum atomic E-state index is 12.7. The van der Waals surface area contributed by atoms with Gasteiger partial charge in [0.05, 0.1) is 15.7 Å². The van der Waals surface area contributed by atoms with Crippen LogP contribution in [0.25, 0.3) is 28.2 Å². The number of alkyl halides is 3. The van der Waals surface area contributed by atoms with Crippen LogP contribution in [0.5, 0.6) is 5.75 Å². The SMILES string of the molecule is Cn1oc(NC(=O)NCCc2ccc(-c3ncn(-c4ccc(OC(F)(F)F)cc4)n3)cc2)c(-c2c(Cl)cccc2Cl)c1=O. The number of urea groups is 1. The topological polar surface area (TPSA) is 116 Å². The van der Waals surface area contributed by atoms with Crippen molar-refractivity contribution < 1.29 is 27.2 Å². The van der Waals surface area contributed by atoms with Gasteiger partial charge < -0.3 is 14.6 Å². The number of ether oxygens (including phenoxy) is 1. The van der Waals surface area contributed by atoms with E-state index in [1.54, 1.807) is 18.2 Å². The van der Waals surface area contributed by atoms with Gasteiger partial charge in [0.1, 0.15) is 17.6 Å². The van der Waals surface area contributed by atoms with Crippen molar-refractivity contribution in [1.29, 1.82) is 0 Å². The Morgan fingerprint density at radius 3 is 2.33 bits per heavy atom. The molecule has 0 atom stereocenters. The predicted molar refractivity (Wildman–Crippen MR) is 154 cm³/mol. The Bertz CT molecular complexity index is 1800. The van der Waals surface area contributed by atoms with Crippen molar-refractivity contribution in [2.45, 2.75) is 12.8 Å². The molecule has 5 aromatic rings. The molecule has 0 unspecified atom stereocenters. The molecule has 0 saturated heterocycles. The van der Waals surface area contributed by atoms with Gasteiger partial charge >= 0.3 is 12.4 Å². The van der Waals surface area contributed by atoms with Gasteiger partial charge in [-0.3, -0.25) is 10.1 Å². The highest BCUT2D eigenvalue weighted by atomic mass is 35.5. The van der Waals surface area contributed by atoms with Crippen molar-refractivity contribution >= 4 is 35.1 Å². The Morgan fingerprint density at radius 1 is 1.00 bits per heavy atom. The van der Waals surface area contributed by atoms with E-state index >= 15 is 0 Å². The van der Waals surface area contributed by atoms with E-state index in [0.717, 1.165) is 15.9 Å². The lowest BCUT2D eigenvalue weighted by Crippen LogP contribution is -2.30. The van der Waals surface area contributed by atoms with E-state index in [1.165, 1.54) is 42.3 Å². The van der Waals surface area contributed by atoms with Crippen molar-refractivity contribution in [2.24, 2.45) is 7.05 Å². The van der Waals surface area contributed by atoms with Crippen LogP contribution in [0, 0.1) is 0 Å². The molecule has 222 valence electrons. The summed E-state index contributed by atoms with van der Waals surface area (Å²) < 4.78 is 48.8. The number of anilines is 1. The maximum absolute atomic E-state index is 12.7. The Kier molecular flexibility index (Phi) is 8.46. The van der Waals surface area contributed by atoms with Gasteiger partial charge in [-0.15, -0.1) is 18.3 Å². The monoisotopic (exact) mass is 632 g/mol. The molecule has 0 bridgehead atoms.